The highest BCUT2D eigenvalue weighted by atomic mass is 19.4. The number of rotatable bonds is 17. The molecule has 0 unspecified atom stereocenters. The monoisotopic (exact) mass is 733 g/mol. The average Bonchev–Trinajstić information content (AvgIpc) is 3.09. The highest BCUT2D eigenvalue weighted by molar-refractivity contribution is 5.99. The van der Waals surface area contributed by atoms with Crippen LogP contribution in [-0.2, 0) is 25.3 Å². The van der Waals surface area contributed by atoms with E-state index in [1.54, 1.807) is 14.0 Å². The summed E-state index contributed by atoms with van der Waals surface area (Å²) in [6.45, 7) is 12.1. The van der Waals surface area contributed by atoms with E-state index in [4.69, 9.17) is 9.53 Å². The summed E-state index contributed by atoms with van der Waals surface area (Å²) in [5, 5.41) is 32.6. The van der Waals surface area contributed by atoms with Crippen LogP contribution in [0, 0.1) is 0 Å². The zero-order valence-corrected chi connectivity index (χ0v) is 28.9. The maximum absolute atomic E-state index is 13.6. The second kappa shape index (κ2) is 22.4. The number of carbonyl (C=O) groups excluding carboxylic acids is 3. The predicted molar refractivity (Wildman–Crippen MR) is 183 cm³/mol. The Morgan fingerprint density at radius 1 is 1.16 bits per heavy atom. The smallest absolute Gasteiger partial charge is 0.416 e. The van der Waals surface area contributed by atoms with Crippen LogP contribution >= 0.6 is 0 Å². The number of ether oxygens (including phenoxy) is 1. The van der Waals surface area contributed by atoms with Crippen molar-refractivity contribution in [3.8, 4) is 5.75 Å². The van der Waals surface area contributed by atoms with Crippen LogP contribution < -0.4 is 16.0 Å². The molecule has 0 atom stereocenters. The Hall–Kier alpha value is -4.42. The van der Waals surface area contributed by atoms with E-state index >= 15 is 0 Å². The molecule has 1 fully saturated rings. The van der Waals surface area contributed by atoms with Gasteiger partial charge in [-0.2, -0.15) is 18.3 Å². The van der Waals surface area contributed by atoms with Gasteiger partial charge in [-0.25, -0.2) is 13.8 Å². The second-order valence-electron chi connectivity index (χ2n) is 11.3. The van der Waals surface area contributed by atoms with Crippen LogP contribution in [0.5, 0.6) is 5.75 Å². The fourth-order valence-electron chi connectivity index (χ4n) is 4.92. The van der Waals surface area contributed by atoms with Gasteiger partial charge >= 0.3 is 6.18 Å². The number of phenolic OH excluding ortho intramolecular Hbond substituents is 1. The van der Waals surface area contributed by atoms with Crippen molar-refractivity contribution in [1.82, 2.24) is 20.5 Å². The lowest BCUT2D eigenvalue weighted by Crippen LogP contribution is -2.53. The molecule has 0 aromatic heterocycles. The van der Waals surface area contributed by atoms with Crippen molar-refractivity contribution in [1.29, 1.82) is 0 Å². The number of nitrogens with one attached hydrogen (secondary N) is 3. The molecule has 2 aliphatic rings. The van der Waals surface area contributed by atoms with Crippen molar-refractivity contribution >= 4 is 37.7 Å². The van der Waals surface area contributed by atoms with Gasteiger partial charge in [0.25, 0.3) is 5.91 Å². The molecule has 1 aliphatic heterocycles. The Balaban J connectivity index is 0.00000101. The summed E-state index contributed by atoms with van der Waals surface area (Å²) in [5.41, 5.74) is -0.800. The third-order valence-corrected chi connectivity index (χ3v) is 7.76. The van der Waals surface area contributed by atoms with Crippen LogP contribution in [0.1, 0.15) is 51.0 Å². The van der Waals surface area contributed by atoms with E-state index in [2.05, 4.69) is 45.6 Å². The Morgan fingerprint density at radius 2 is 1.84 bits per heavy atom. The number of halogens is 5. The summed E-state index contributed by atoms with van der Waals surface area (Å²) in [6, 6.07) is 1.97. The topological polar surface area (TPSA) is 168 Å². The van der Waals surface area contributed by atoms with Crippen molar-refractivity contribution in [2.45, 2.75) is 63.8 Å². The zero-order valence-electron chi connectivity index (χ0n) is 28.9. The number of hydrogen-bond donors (Lipinski definition) is 5. The van der Waals surface area contributed by atoms with Gasteiger partial charge in [0.1, 0.15) is 30.5 Å². The molecule has 1 aromatic carbocycles. The molecule has 1 aromatic rings. The Labute approximate surface area is 294 Å². The summed E-state index contributed by atoms with van der Waals surface area (Å²) in [4.78, 5) is 39.4. The first-order valence-electron chi connectivity index (χ1n) is 16.0. The average molecular weight is 734 g/mol. The highest BCUT2D eigenvalue weighted by Crippen LogP contribution is 2.34. The van der Waals surface area contributed by atoms with E-state index in [1.807, 2.05) is 6.79 Å². The number of phenols is 1. The first-order chi connectivity index (χ1) is 24.2. The predicted octanol–water partition coefficient (Wildman–Crippen LogP) is 3.90. The van der Waals surface area contributed by atoms with Crippen molar-refractivity contribution in [2.24, 2.45) is 10.1 Å². The highest BCUT2D eigenvalue weighted by Gasteiger charge is 2.35. The quantitative estimate of drug-likeness (QED) is 0.0304. The molecule has 0 bridgehead atoms. The van der Waals surface area contributed by atoms with Crippen LogP contribution in [0.2, 0.25) is 0 Å². The summed E-state index contributed by atoms with van der Waals surface area (Å²) in [7, 11) is 1.54. The number of hydrogen-bond acceptors (Lipinski definition) is 11. The summed E-state index contributed by atoms with van der Waals surface area (Å²) in [6.07, 6.45) is -2.60. The van der Waals surface area contributed by atoms with E-state index in [-0.39, 0.29) is 37.4 Å². The molecular formula is C33H48F5N7O6. The van der Waals surface area contributed by atoms with Crippen molar-refractivity contribution in [3.05, 3.63) is 46.8 Å². The first-order valence-corrected chi connectivity index (χ1v) is 16.0. The minimum Gasteiger partial charge on any atom is -0.506 e. The Kier molecular flexibility index (Phi) is 19.6. The van der Waals surface area contributed by atoms with E-state index in [1.165, 1.54) is 10.5 Å². The molecule has 3 rings (SSSR count). The molecule has 5 N–H and O–H groups in total. The van der Waals surface area contributed by atoms with Crippen LogP contribution in [-0.4, -0.2) is 117 Å². The Morgan fingerprint density at radius 3 is 2.31 bits per heavy atom. The number of aliphatic hydroxyl groups is 1. The van der Waals surface area contributed by atoms with Gasteiger partial charge in [-0.15, -0.1) is 0 Å². The third-order valence-electron chi connectivity index (χ3n) is 7.76. The SMILES string of the molecule is C=NCC1=CCOCC1.C=NN(CC(=O)Nc1ccc(C(F)(F)F)cc1O)C(=O)/C(=C(/CC)NC)N(CCNC1(O)CCC1)CCC(F)F.C=O. The molecule has 18 heteroatoms. The fourth-order valence-corrected chi connectivity index (χ4v) is 4.92. The summed E-state index contributed by atoms with van der Waals surface area (Å²) < 4.78 is 70.0. The van der Waals surface area contributed by atoms with Crippen molar-refractivity contribution in [2.75, 3.05) is 58.3 Å². The molecule has 286 valence electrons. The van der Waals surface area contributed by atoms with Gasteiger partial charge < -0.3 is 35.3 Å². The number of aromatic hydroxyl groups is 1. The van der Waals surface area contributed by atoms with E-state index in [0.717, 1.165) is 38.7 Å². The largest absolute Gasteiger partial charge is 0.506 e. The lowest BCUT2D eigenvalue weighted by Gasteiger charge is -2.38. The number of alkyl halides is 5. The van der Waals surface area contributed by atoms with E-state index in [9.17, 15) is 41.8 Å². The summed E-state index contributed by atoms with van der Waals surface area (Å²) in [5.74, 6) is -2.59. The maximum atomic E-state index is 13.6. The molecule has 2 amide bonds. The molecule has 1 heterocycles. The number of nitrogens with zero attached hydrogens (tertiary/aromatic N) is 4. The van der Waals surface area contributed by atoms with E-state index in [0.29, 0.717) is 35.7 Å². The minimum absolute atomic E-state index is 0.0365. The van der Waals surface area contributed by atoms with Gasteiger partial charge in [-0.1, -0.05) is 13.0 Å². The normalized spacial score (nSPS) is 15.3. The Bertz CT molecular complexity index is 1350. The van der Waals surface area contributed by atoms with Gasteiger partial charge in [0, 0.05) is 45.5 Å². The zero-order chi connectivity index (χ0) is 38.6. The minimum atomic E-state index is -4.70. The molecule has 1 aliphatic carbocycles. The van der Waals surface area contributed by atoms with Crippen LogP contribution in [0.4, 0.5) is 27.6 Å². The van der Waals surface area contributed by atoms with Crippen molar-refractivity contribution < 1.29 is 51.3 Å². The number of amides is 2. The lowest BCUT2D eigenvalue weighted by molar-refractivity contribution is -0.137. The first kappa shape index (κ1) is 44.6. The maximum Gasteiger partial charge on any atom is 0.416 e. The third kappa shape index (κ3) is 15.2. The standard InChI is InChI=1S/C25H35F5N6O4.C7H11NO.CH2O/c1-4-17(31-2)22(35(12-8-20(26)27)13-11-33-24(40)9-5-10-24)23(39)36(32-3)15-21(38)34-18-7-6-16(14-19(18)37)25(28,29)30;1-8-6-7-2-4-9-5-3-7;1-2/h6-7,14,20,31,33,37,40H,3-5,8-13,15H2,1-2H3,(H,34,38);2H,1,3-6H2;1H2/b22-17+;;. The van der Waals surface area contributed by atoms with Gasteiger partial charge in [-0.3, -0.25) is 19.9 Å². The van der Waals surface area contributed by atoms with Crippen LogP contribution in [0.15, 0.2) is 51.3 Å². The molecule has 1 saturated carbocycles. The molecule has 0 spiro atoms. The number of benzene rings is 1. The number of carbonyl (C=O) groups is 3. The summed E-state index contributed by atoms with van der Waals surface area (Å²) >= 11 is 0. The lowest BCUT2D eigenvalue weighted by atomic mass is 9.88. The molecule has 51 heavy (non-hydrogen) atoms. The molecular weight excluding hydrogens is 685 g/mol. The molecule has 13 nitrogen and oxygen atoms in total. The van der Waals surface area contributed by atoms with Gasteiger partial charge in [0.2, 0.25) is 12.3 Å². The van der Waals surface area contributed by atoms with Crippen LogP contribution in [0.3, 0.4) is 0 Å². The van der Waals surface area contributed by atoms with Gasteiger partial charge in [0.15, 0.2) is 0 Å². The van der Waals surface area contributed by atoms with E-state index < -0.39 is 54.4 Å². The van der Waals surface area contributed by atoms with Gasteiger partial charge in [0.05, 0.1) is 31.0 Å². The number of anilines is 1. The molecule has 0 saturated heterocycles. The number of hydrazone groups is 1. The van der Waals surface area contributed by atoms with Gasteiger partial charge in [-0.05, 0) is 62.6 Å². The fraction of sp³-hybridized carbons (Fsp3) is 0.545. The second-order valence-corrected chi connectivity index (χ2v) is 11.3. The number of allylic oxidation sites excluding steroid dienone is 1. The molecule has 0 radical (unpaired) electrons. The number of aliphatic imine (C=N–C) groups is 1. The van der Waals surface area contributed by atoms with Crippen molar-refractivity contribution in [3.63, 3.8) is 0 Å². The van der Waals surface area contributed by atoms with Crippen LogP contribution in [0.25, 0.3) is 0 Å².